The molecule has 3 aliphatic heterocycles. The Morgan fingerprint density at radius 2 is 1.86 bits per heavy atom. The van der Waals surface area contributed by atoms with Crippen LogP contribution in [0.1, 0.15) is 66.2 Å². The number of Topliss-reactive ketones (excluding diaryl/α,β-unsaturated/α-hetero) is 1. The molecule has 0 aromatic rings. The van der Waals surface area contributed by atoms with Gasteiger partial charge in [-0.1, -0.05) is 68.5 Å². The first kappa shape index (κ1) is 29.9. The van der Waals surface area contributed by atoms with Crippen LogP contribution in [0.25, 0.3) is 0 Å². The third kappa shape index (κ3) is 11.2. The lowest BCUT2D eigenvalue weighted by Crippen LogP contribution is -2.25. The van der Waals surface area contributed by atoms with Gasteiger partial charge in [0.15, 0.2) is 0 Å². The Hall–Kier alpha value is -2.28. The molecule has 0 N–H and O–H groups in total. The zero-order chi connectivity index (χ0) is 25.0. The fraction of sp³-hybridized carbons (Fsp3) is 0.600. The Morgan fingerprint density at radius 3 is 2.67 bits per heavy atom. The van der Waals surface area contributed by atoms with Crippen LogP contribution in [0.2, 0.25) is 0 Å². The largest absolute Gasteiger partial charge is 0.459 e. The van der Waals surface area contributed by atoms with Crippen molar-refractivity contribution in [2.45, 2.75) is 90.6 Å². The zero-order valence-electron chi connectivity index (χ0n) is 21.2. The summed E-state index contributed by atoms with van der Waals surface area (Å²) in [5.74, 6) is 0.0670. The second-order valence-electron chi connectivity index (χ2n) is 9.91. The SMILES string of the molecule is C.C=C1CC(=O)CCOC(C=CC2CC(C)=CCO2)COC(=O)C=CCC2C=CCC(CC(C)C1)O2. The topological polar surface area (TPSA) is 71.1 Å². The monoisotopic (exact) mass is 500 g/mol. The first-order valence-electron chi connectivity index (χ1n) is 12.8. The van der Waals surface area contributed by atoms with Gasteiger partial charge >= 0.3 is 5.97 Å². The molecular formula is C30H44O6. The number of ketones is 1. The third-order valence-corrected chi connectivity index (χ3v) is 6.40. The van der Waals surface area contributed by atoms with Crippen molar-refractivity contribution in [1.29, 1.82) is 0 Å². The average Bonchev–Trinajstić information content (AvgIpc) is 2.80. The van der Waals surface area contributed by atoms with Crippen LogP contribution >= 0.6 is 0 Å². The number of hydrogen-bond donors (Lipinski definition) is 0. The van der Waals surface area contributed by atoms with Gasteiger partial charge in [0.25, 0.3) is 0 Å². The summed E-state index contributed by atoms with van der Waals surface area (Å²) >= 11 is 0. The molecule has 0 saturated carbocycles. The molecule has 3 aliphatic rings. The van der Waals surface area contributed by atoms with Gasteiger partial charge in [0.05, 0.1) is 31.5 Å². The smallest absolute Gasteiger partial charge is 0.330 e. The zero-order valence-corrected chi connectivity index (χ0v) is 21.2. The van der Waals surface area contributed by atoms with Crippen LogP contribution in [0.15, 0.2) is 60.3 Å². The molecule has 5 atom stereocenters. The average molecular weight is 501 g/mol. The molecule has 0 radical (unpaired) electrons. The molecule has 3 heterocycles. The molecule has 5 unspecified atom stereocenters. The third-order valence-electron chi connectivity index (χ3n) is 6.40. The number of rotatable bonds is 2. The number of carbonyl (C=O) groups excluding carboxylic acids is 2. The van der Waals surface area contributed by atoms with Crippen LogP contribution in [0, 0.1) is 5.92 Å². The van der Waals surface area contributed by atoms with Crippen LogP contribution in [-0.4, -0.2) is 56.0 Å². The summed E-state index contributed by atoms with van der Waals surface area (Å²) in [6.45, 7) is 9.32. The van der Waals surface area contributed by atoms with Crippen molar-refractivity contribution in [2.24, 2.45) is 5.92 Å². The van der Waals surface area contributed by atoms with Gasteiger partial charge in [0, 0.05) is 18.9 Å². The lowest BCUT2D eigenvalue weighted by Gasteiger charge is -2.27. The van der Waals surface area contributed by atoms with Crippen molar-refractivity contribution in [2.75, 3.05) is 19.8 Å². The molecule has 3 rings (SSSR count). The highest BCUT2D eigenvalue weighted by molar-refractivity contribution is 5.82. The Bertz CT molecular complexity index is 852. The van der Waals surface area contributed by atoms with Crippen molar-refractivity contribution in [1.82, 2.24) is 0 Å². The van der Waals surface area contributed by atoms with E-state index in [2.05, 4.69) is 38.7 Å². The minimum Gasteiger partial charge on any atom is -0.459 e. The molecule has 0 aliphatic carbocycles. The standard InChI is InChI=1S/C29H40O6.CH4/c1-21-12-14-32-26(18-21)10-11-28-20-34-29(31)9-5-7-25-6-4-8-27(35-25)19-23(3)16-22(2)17-24(30)13-15-33-28;/h4-6,9-12,23,25-28H,2,7-8,13-20H2,1,3H3;1H4. The summed E-state index contributed by atoms with van der Waals surface area (Å²) in [5, 5.41) is 0. The maximum absolute atomic E-state index is 12.5. The number of cyclic esters (lactones) is 1. The van der Waals surface area contributed by atoms with E-state index >= 15 is 0 Å². The second-order valence-corrected chi connectivity index (χ2v) is 9.91. The van der Waals surface area contributed by atoms with Crippen LogP contribution < -0.4 is 0 Å². The van der Waals surface area contributed by atoms with Gasteiger partial charge in [-0.3, -0.25) is 4.79 Å². The molecular weight excluding hydrogens is 456 g/mol. The number of esters is 1. The van der Waals surface area contributed by atoms with E-state index in [0.29, 0.717) is 31.8 Å². The van der Waals surface area contributed by atoms with Gasteiger partial charge in [-0.2, -0.15) is 0 Å². The molecule has 0 fully saturated rings. The predicted molar refractivity (Wildman–Crippen MR) is 143 cm³/mol. The van der Waals surface area contributed by atoms with Crippen molar-refractivity contribution in [3.05, 3.63) is 60.3 Å². The summed E-state index contributed by atoms with van der Waals surface area (Å²) in [5.41, 5.74) is 2.24. The normalized spacial score (nSPS) is 31.6. The van der Waals surface area contributed by atoms with E-state index in [4.69, 9.17) is 18.9 Å². The molecule has 0 amide bonds. The van der Waals surface area contributed by atoms with Crippen LogP contribution in [0.3, 0.4) is 0 Å². The first-order chi connectivity index (χ1) is 16.9. The number of ether oxygens (including phenoxy) is 4. The summed E-state index contributed by atoms with van der Waals surface area (Å²) in [7, 11) is 0. The summed E-state index contributed by atoms with van der Waals surface area (Å²) in [4.78, 5) is 24.8. The van der Waals surface area contributed by atoms with E-state index in [1.165, 1.54) is 11.6 Å². The van der Waals surface area contributed by atoms with Crippen LogP contribution in [-0.2, 0) is 28.5 Å². The quantitative estimate of drug-likeness (QED) is 0.351. The molecule has 2 bridgehead atoms. The highest BCUT2D eigenvalue weighted by Crippen LogP contribution is 2.25. The van der Waals surface area contributed by atoms with E-state index in [9.17, 15) is 9.59 Å². The number of carbonyl (C=O) groups is 2. The first-order valence-corrected chi connectivity index (χ1v) is 12.8. The van der Waals surface area contributed by atoms with Crippen molar-refractivity contribution in [3.8, 4) is 0 Å². The number of fused-ring (bicyclic) bond motifs is 2. The molecule has 0 saturated heterocycles. The van der Waals surface area contributed by atoms with E-state index in [1.807, 2.05) is 12.2 Å². The van der Waals surface area contributed by atoms with Gasteiger partial charge in [0.1, 0.15) is 18.5 Å². The van der Waals surface area contributed by atoms with Gasteiger partial charge in [-0.15, -0.1) is 0 Å². The molecule has 0 aromatic carbocycles. The van der Waals surface area contributed by atoms with Gasteiger partial charge in [-0.05, 0) is 44.9 Å². The molecule has 200 valence electrons. The number of allylic oxidation sites excluding steroid dienone is 1. The Kier molecular flexibility index (Phi) is 13.1. The molecule has 6 nitrogen and oxygen atoms in total. The minimum atomic E-state index is -0.453. The van der Waals surface area contributed by atoms with Crippen molar-refractivity contribution < 1.29 is 28.5 Å². The fourth-order valence-corrected chi connectivity index (χ4v) is 4.62. The summed E-state index contributed by atoms with van der Waals surface area (Å²) in [6, 6.07) is 0. The maximum Gasteiger partial charge on any atom is 0.330 e. The summed E-state index contributed by atoms with van der Waals surface area (Å²) in [6.07, 6.45) is 17.7. The van der Waals surface area contributed by atoms with Gasteiger partial charge in [0.2, 0.25) is 0 Å². The fourth-order valence-electron chi connectivity index (χ4n) is 4.62. The molecule has 0 aromatic heterocycles. The van der Waals surface area contributed by atoms with E-state index < -0.39 is 12.1 Å². The van der Waals surface area contributed by atoms with E-state index in [-0.39, 0.29) is 44.7 Å². The van der Waals surface area contributed by atoms with E-state index in [1.54, 1.807) is 6.08 Å². The van der Waals surface area contributed by atoms with Crippen LogP contribution in [0.4, 0.5) is 0 Å². The second kappa shape index (κ2) is 15.7. The van der Waals surface area contributed by atoms with Gasteiger partial charge < -0.3 is 18.9 Å². The van der Waals surface area contributed by atoms with Crippen LogP contribution in [0.5, 0.6) is 0 Å². The highest BCUT2D eigenvalue weighted by atomic mass is 16.6. The van der Waals surface area contributed by atoms with Crippen molar-refractivity contribution >= 4 is 11.8 Å². The molecule has 36 heavy (non-hydrogen) atoms. The van der Waals surface area contributed by atoms with E-state index in [0.717, 1.165) is 31.3 Å². The predicted octanol–water partition coefficient (Wildman–Crippen LogP) is 5.84. The highest BCUT2D eigenvalue weighted by Gasteiger charge is 2.21. The summed E-state index contributed by atoms with van der Waals surface area (Å²) < 4.78 is 23.3. The molecule has 6 heteroatoms. The van der Waals surface area contributed by atoms with Gasteiger partial charge in [-0.25, -0.2) is 4.79 Å². The maximum atomic E-state index is 12.5. The minimum absolute atomic E-state index is 0. The Morgan fingerprint density at radius 1 is 1.06 bits per heavy atom. The lowest BCUT2D eigenvalue weighted by atomic mass is 9.91. The lowest BCUT2D eigenvalue weighted by molar-refractivity contribution is -0.141. The van der Waals surface area contributed by atoms with Crippen molar-refractivity contribution in [3.63, 3.8) is 0 Å². The Labute approximate surface area is 217 Å². The number of hydrogen-bond acceptors (Lipinski definition) is 6. The Balaban J connectivity index is 0.00000456. The molecule has 0 spiro atoms.